The average molecular weight is 304 g/mol. The van der Waals surface area contributed by atoms with Gasteiger partial charge in [-0.2, -0.15) is 5.26 Å². The quantitative estimate of drug-likeness (QED) is 0.885. The molecule has 0 fully saturated rings. The van der Waals surface area contributed by atoms with Gasteiger partial charge in [0.05, 0.1) is 34.6 Å². The van der Waals surface area contributed by atoms with Gasteiger partial charge in [-0.3, -0.25) is 0 Å². The summed E-state index contributed by atoms with van der Waals surface area (Å²) >= 11 is 0. The van der Waals surface area contributed by atoms with Crippen molar-refractivity contribution in [3.63, 3.8) is 0 Å². The van der Waals surface area contributed by atoms with Gasteiger partial charge in [0.1, 0.15) is 5.76 Å². The predicted octanol–water partition coefficient (Wildman–Crippen LogP) is 2.28. The van der Waals surface area contributed by atoms with Crippen LogP contribution in [0.5, 0.6) is 0 Å². The summed E-state index contributed by atoms with van der Waals surface area (Å²) in [4.78, 5) is 0.231. The van der Waals surface area contributed by atoms with Crippen molar-refractivity contribution in [3.05, 3.63) is 54.0 Å². The molecule has 0 saturated carbocycles. The Morgan fingerprint density at radius 2 is 2.00 bits per heavy atom. The summed E-state index contributed by atoms with van der Waals surface area (Å²) in [6.45, 7) is 2.23. The number of rotatable bonds is 6. The first-order chi connectivity index (χ1) is 10.0. The highest BCUT2D eigenvalue weighted by Gasteiger charge is 2.15. The molecule has 21 heavy (non-hydrogen) atoms. The van der Waals surface area contributed by atoms with E-state index in [9.17, 15) is 8.42 Å². The van der Waals surface area contributed by atoms with Gasteiger partial charge in [0.25, 0.3) is 0 Å². The van der Waals surface area contributed by atoms with E-state index in [0.29, 0.717) is 12.1 Å². The highest BCUT2D eigenvalue weighted by molar-refractivity contribution is 7.91. The summed E-state index contributed by atoms with van der Waals surface area (Å²) in [6, 6.07) is 11.5. The SMILES string of the molecule is CC(NCCS(=O)(=O)c1ccc(C#N)cc1)c1ccco1. The number of benzene rings is 1. The molecule has 0 spiro atoms. The number of hydrogen-bond acceptors (Lipinski definition) is 5. The van der Waals surface area contributed by atoms with E-state index in [1.54, 1.807) is 12.3 Å². The van der Waals surface area contributed by atoms with Crippen LogP contribution >= 0.6 is 0 Å². The van der Waals surface area contributed by atoms with Gasteiger partial charge in [-0.05, 0) is 43.3 Å². The molecule has 0 bridgehead atoms. The third kappa shape index (κ3) is 3.94. The van der Waals surface area contributed by atoms with Crippen LogP contribution in [0.4, 0.5) is 0 Å². The van der Waals surface area contributed by atoms with E-state index in [-0.39, 0.29) is 16.7 Å². The van der Waals surface area contributed by atoms with Crippen LogP contribution in [0.1, 0.15) is 24.3 Å². The fourth-order valence-corrected chi connectivity index (χ4v) is 3.08. The Hall–Kier alpha value is -2.10. The second-order valence-corrected chi connectivity index (χ2v) is 6.76. The Bertz CT molecular complexity index is 713. The third-order valence-electron chi connectivity index (χ3n) is 3.13. The molecule has 0 amide bonds. The summed E-state index contributed by atoms with van der Waals surface area (Å²) in [5, 5.41) is 11.8. The van der Waals surface area contributed by atoms with Gasteiger partial charge in [0.2, 0.25) is 0 Å². The van der Waals surface area contributed by atoms with Crippen LogP contribution in [-0.4, -0.2) is 20.7 Å². The Morgan fingerprint density at radius 3 is 2.57 bits per heavy atom. The van der Waals surface area contributed by atoms with Gasteiger partial charge in [0.15, 0.2) is 9.84 Å². The molecule has 1 heterocycles. The van der Waals surface area contributed by atoms with E-state index < -0.39 is 9.84 Å². The molecule has 1 atom stereocenters. The summed E-state index contributed by atoms with van der Waals surface area (Å²) in [6.07, 6.45) is 1.58. The molecule has 0 aliphatic rings. The maximum absolute atomic E-state index is 12.2. The topological polar surface area (TPSA) is 83.1 Å². The minimum Gasteiger partial charge on any atom is -0.468 e. The van der Waals surface area contributed by atoms with Gasteiger partial charge in [-0.25, -0.2) is 8.42 Å². The van der Waals surface area contributed by atoms with Crippen molar-refractivity contribution in [3.8, 4) is 6.07 Å². The van der Waals surface area contributed by atoms with Crippen molar-refractivity contribution in [1.82, 2.24) is 5.32 Å². The van der Waals surface area contributed by atoms with Crippen LogP contribution in [0.2, 0.25) is 0 Å². The van der Waals surface area contributed by atoms with Gasteiger partial charge >= 0.3 is 0 Å². The molecule has 2 aromatic rings. The number of nitrogens with one attached hydrogen (secondary N) is 1. The van der Waals surface area contributed by atoms with E-state index >= 15 is 0 Å². The Morgan fingerprint density at radius 1 is 1.29 bits per heavy atom. The molecule has 0 radical (unpaired) electrons. The lowest BCUT2D eigenvalue weighted by Crippen LogP contribution is -2.25. The molecule has 5 nitrogen and oxygen atoms in total. The van der Waals surface area contributed by atoms with E-state index in [0.717, 1.165) is 5.76 Å². The average Bonchev–Trinajstić information content (AvgIpc) is 3.01. The Kier molecular flexibility index (Phi) is 4.78. The molecule has 0 aliphatic heterocycles. The predicted molar refractivity (Wildman–Crippen MR) is 78.3 cm³/mol. The zero-order chi connectivity index (χ0) is 15.3. The fourth-order valence-electron chi connectivity index (χ4n) is 1.90. The summed E-state index contributed by atoms with van der Waals surface area (Å²) in [5.74, 6) is 0.759. The van der Waals surface area contributed by atoms with Crippen LogP contribution in [0.15, 0.2) is 52.0 Å². The molecule has 1 aromatic carbocycles. The number of nitriles is 1. The molecular weight excluding hydrogens is 288 g/mol. The molecule has 0 saturated heterocycles. The first-order valence-electron chi connectivity index (χ1n) is 6.52. The maximum Gasteiger partial charge on any atom is 0.179 e. The minimum absolute atomic E-state index is 0.00997. The van der Waals surface area contributed by atoms with Crippen molar-refractivity contribution < 1.29 is 12.8 Å². The summed E-state index contributed by atoms with van der Waals surface area (Å²) < 4.78 is 29.6. The maximum atomic E-state index is 12.2. The van der Waals surface area contributed by atoms with Crippen LogP contribution in [0.25, 0.3) is 0 Å². The van der Waals surface area contributed by atoms with E-state index in [1.807, 2.05) is 19.1 Å². The number of hydrogen-bond donors (Lipinski definition) is 1. The standard InChI is InChI=1S/C15H16N2O3S/c1-12(15-3-2-9-20-15)17-8-10-21(18,19)14-6-4-13(11-16)5-7-14/h2-7,9,12,17H,8,10H2,1H3. The molecular formula is C15H16N2O3S. The lowest BCUT2D eigenvalue weighted by Gasteiger charge is -2.11. The third-order valence-corrected chi connectivity index (χ3v) is 4.87. The largest absolute Gasteiger partial charge is 0.468 e. The van der Waals surface area contributed by atoms with Gasteiger partial charge < -0.3 is 9.73 Å². The van der Waals surface area contributed by atoms with E-state index in [1.165, 1.54) is 24.3 Å². The monoisotopic (exact) mass is 304 g/mol. The summed E-state index contributed by atoms with van der Waals surface area (Å²) in [5.41, 5.74) is 0.443. The lowest BCUT2D eigenvalue weighted by atomic mass is 10.2. The van der Waals surface area contributed by atoms with E-state index in [2.05, 4.69) is 5.32 Å². The van der Waals surface area contributed by atoms with Gasteiger partial charge in [0, 0.05) is 6.54 Å². The molecule has 2 rings (SSSR count). The second-order valence-electron chi connectivity index (χ2n) is 4.65. The molecule has 6 heteroatoms. The number of nitrogens with zero attached hydrogens (tertiary/aromatic N) is 1. The first-order valence-corrected chi connectivity index (χ1v) is 8.18. The molecule has 1 N–H and O–H groups in total. The van der Waals surface area contributed by atoms with E-state index in [4.69, 9.17) is 9.68 Å². The van der Waals surface area contributed by atoms with Gasteiger partial charge in [-0.1, -0.05) is 0 Å². The normalized spacial score (nSPS) is 12.8. The zero-order valence-corrected chi connectivity index (χ0v) is 12.4. The first kappa shape index (κ1) is 15.3. The summed E-state index contributed by atoms with van der Waals surface area (Å²) in [7, 11) is -3.35. The molecule has 110 valence electrons. The zero-order valence-electron chi connectivity index (χ0n) is 11.6. The molecule has 1 unspecified atom stereocenters. The Balaban J connectivity index is 1.93. The second kappa shape index (κ2) is 6.57. The van der Waals surface area contributed by atoms with Crippen LogP contribution in [0, 0.1) is 11.3 Å². The highest BCUT2D eigenvalue weighted by Crippen LogP contribution is 2.14. The smallest absolute Gasteiger partial charge is 0.179 e. The van der Waals surface area contributed by atoms with Crippen LogP contribution in [-0.2, 0) is 9.84 Å². The van der Waals surface area contributed by atoms with Crippen molar-refractivity contribution >= 4 is 9.84 Å². The van der Waals surface area contributed by atoms with Gasteiger partial charge in [-0.15, -0.1) is 0 Å². The number of furan rings is 1. The minimum atomic E-state index is -3.35. The van der Waals surface area contributed by atoms with Crippen molar-refractivity contribution in [2.45, 2.75) is 17.9 Å². The fraction of sp³-hybridized carbons (Fsp3) is 0.267. The van der Waals surface area contributed by atoms with Crippen LogP contribution in [0.3, 0.4) is 0 Å². The highest BCUT2D eigenvalue weighted by atomic mass is 32.2. The van der Waals surface area contributed by atoms with Crippen molar-refractivity contribution in [2.75, 3.05) is 12.3 Å². The molecule has 1 aromatic heterocycles. The Labute approximate surface area is 124 Å². The van der Waals surface area contributed by atoms with Crippen molar-refractivity contribution in [1.29, 1.82) is 5.26 Å². The number of sulfone groups is 1. The molecule has 0 aliphatic carbocycles. The van der Waals surface area contributed by atoms with Crippen molar-refractivity contribution in [2.24, 2.45) is 0 Å². The lowest BCUT2D eigenvalue weighted by molar-refractivity contribution is 0.437. The van der Waals surface area contributed by atoms with Crippen LogP contribution < -0.4 is 5.32 Å².